The molecule has 0 spiro atoms. The van der Waals surface area contributed by atoms with Crippen LogP contribution in [-0.4, -0.2) is 78.6 Å². The Morgan fingerprint density at radius 3 is 3.08 bits per heavy atom. The molecule has 12 heteroatoms. The maximum absolute atomic E-state index is 11.9. The number of likely N-dealkylation sites (N-methyl/N-ethyl adjacent to an activating group) is 1. The SMILES string of the molecule is CNCCn1nnnc1SCC1=C(C(=O)O)N2C(=O)[C@@H](N)[C@H]2SC1. The fraction of sp³-hybridized carbons (Fsp3) is 0.583. The number of β-lactam (4-membered cyclic amide) rings is 1. The summed E-state index contributed by atoms with van der Waals surface area (Å²) in [6, 6.07) is -0.618. The number of nitrogens with one attached hydrogen (secondary N) is 1. The molecule has 4 N–H and O–H groups in total. The van der Waals surface area contributed by atoms with E-state index in [1.54, 1.807) is 4.68 Å². The highest BCUT2D eigenvalue weighted by Gasteiger charge is 2.51. The first-order chi connectivity index (χ1) is 11.5. The van der Waals surface area contributed by atoms with Gasteiger partial charge in [0, 0.05) is 18.1 Å². The van der Waals surface area contributed by atoms with Crippen LogP contribution in [-0.2, 0) is 16.1 Å². The normalized spacial score (nSPS) is 23.2. The zero-order valence-electron chi connectivity index (χ0n) is 12.9. The second-order valence-corrected chi connectivity index (χ2v) is 7.32. The molecular formula is C12H17N7O3S2. The number of aromatic nitrogens is 4. The zero-order valence-corrected chi connectivity index (χ0v) is 14.5. The van der Waals surface area contributed by atoms with Gasteiger partial charge in [-0.1, -0.05) is 11.8 Å². The van der Waals surface area contributed by atoms with Crippen molar-refractivity contribution in [2.75, 3.05) is 25.1 Å². The molecule has 2 aliphatic heterocycles. The van der Waals surface area contributed by atoms with Crippen molar-refractivity contribution in [3.63, 3.8) is 0 Å². The van der Waals surface area contributed by atoms with E-state index < -0.39 is 12.0 Å². The van der Waals surface area contributed by atoms with Crippen molar-refractivity contribution in [3.05, 3.63) is 11.3 Å². The summed E-state index contributed by atoms with van der Waals surface area (Å²) in [7, 11) is 1.84. The number of carbonyl (C=O) groups is 2. The molecule has 0 radical (unpaired) electrons. The highest BCUT2D eigenvalue weighted by atomic mass is 32.2. The van der Waals surface area contributed by atoms with Crippen LogP contribution in [0.1, 0.15) is 0 Å². The fourth-order valence-corrected chi connectivity index (χ4v) is 4.84. The lowest BCUT2D eigenvalue weighted by Gasteiger charge is -2.48. The molecule has 2 aliphatic rings. The average molecular weight is 371 g/mol. The number of nitrogens with two attached hydrogens (primary N) is 1. The molecule has 10 nitrogen and oxygen atoms in total. The van der Waals surface area contributed by atoms with Crippen molar-refractivity contribution in [3.8, 4) is 0 Å². The third-order valence-corrected chi connectivity index (χ3v) is 6.14. The van der Waals surface area contributed by atoms with E-state index >= 15 is 0 Å². The molecule has 130 valence electrons. The van der Waals surface area contributed by atoms with E-state index in [0.717, 1.165) is 6.54 Å². The molecule has 0 bridgehead atoms. The maximum atomic E-state index is 11.9. The van der Waals surface area contributed by atoms with Gasteiger partial charge in [-0.25, -0.2) is 9.48 Å². The van der Waals surface area contributed by atoms with Crippen molar-refractivity contribution >= 4 is 35.4 Å². The molecule has 24 heavy (non-hydrogen) atoms. The lowest BCUT2D eigenvalue weighted by Crippen LogP contribution is -2.68. The third-order valence-electron chi connectivity index (χ3n) is 3.74. The van der Waals surface area contributed by atoms with Gasteiger partial charge in [-0.2, -0.15) is 0 Å². The number of fused-ring (bicyclic) bond motifs is 1. The largest absolute Gasteiger partial charge is 0.477 e. The average Bonchev–Trinajstić information content (AvgIpc) is 3.03. The van der Waals surface area contributed by atoms with Gasteiger partial charge in [0.1, 0.15) is 17.1 Å². The summed E-state index contributed by atoms with van der Waals surface area (Å²) < 4.78 is 1.66. The number of nitrogens with zero attached hydrogens (tertiary/aromatic N) is 5. The van der Waals surface area contributed by atoms with Gasteiger partial charge in [0.2, 0.25) is 11.1 Å². The minimum absolute atomic E-state index is 0.0483. The first-order valence-electron chi connectivity index (χ1n) is 7.23. The van der Waals surface area contributed by atoms with Gasteiger partial charge < -0.3 is 16.2 Å². The predicted molar refractivity (Wildman–Crippen MR) is 88.2 cm³/mol. The van der Waals surface area contributed by atoms with Crippen LogP contribution in [0.25, 0.3) is 0 Å². The Kier molecular flexibility index (Phi) is 5.08. The number of rotatable bonds is 7. The Balaban J connectivity index is 1.75. The van der Waals surface area contributed by atoms with Gasteiger partial charge in [-0.3, -0.25) is 9.69 Å². The van der Waals surface area contributed by atoms with Crippen molar-refractivity contribution in [2.45, 2.75) is 23.1 Å². The van der Waals surface area contributed by atoms with E-state index in [0.29, 0.717) is 28.8 Å². The molecule has 3 rings (SSSR count). The summed E-state index contributed by atoms with van der Waals surface area (Å²) in [5.41, 5.74) is 6.46. The summed E-state index contributed by atoms with van der Waals surface area (Å²) in [6.07, 6.45) is 0. The lowest BCUT2D eigenvalue weighted by molar-refractivity contribution is -0.147. The topological polar surface area (TPSA) is 139 Å². The van der Waals surface area contributed by atoms with E-state index in [4.69, 9.17) is 5.73 Å². The van der Waals surface area contributed by atoms with Crippen LogP contribution in [0.5, 0.6) is 0 Å². The summed E-state index contributed by atoms with van der Waals surface area (Å²) in [4.78, 5) is 24.8. The van der Waals surface area contributed by atoms with E-state index in [-0.39, 0.29) is 17.0 Å². The van der Waals surface area contributed by atoms with Crippen molar-refractivity contribution in [2.24, 2.45) is 5.73 Å². The highest BCUT2D eigenvalue weighted by Crippen LogP contribution is 2.40. The molecular weight excluding hydrogens is 354 g/mol. The van der Waals surface area contributed by atoms with E-state index in [9.17, 15) is 14.7 Å². The molecule has 1 fully saturated rings. The predicted octanol–water partition coefficient (Wildman–Crippen LogP) is -1.43. The van der Waals surface area contributed by atoms with Crippen LogP contribution in [0, 0.1) is 0 Å². The standard InChI is InChI=1S/C12H17N7O3S2/c1-14-2-3-18-12(15-16-17-18)24-5-6-4-23-10-7(13)9(20)19(10)8(6)11(21)22/h7,10,14H,2-5,13H2,1H3,(H,21,22)/t7-,10-/m1/s1. The number of carbonyl (C=O) groups excluding carboxylic acids is 1. The van der Waals surface area contributed by atoms with Crippen molar-refractivity contribution < 1.29 is 14.7 Å². The van der Waals surface area contributed by atoms with Crippen LogP contribution < -0.4 is 11.1 Å². The molecule has 1 aromatic heterocycles. The quantitative estimate of drug-likeness (QED) is 0.386. The van der Waals surface area contributed by atoms with Gasteiger partial charge >= 0.3 is 5.97 Å². The minimum atomic E-state index is -1.11. The molecule has 2 atom stereocenters. The van der Waals surface area contributed by atoms with Gasteiger partial charge in [-0.15, -0.1) is 16.9 Å². The first kappa shape index (κ1) is 17.2. The second kappa shape index (κ2) is 7.09. The Morgan fingerprint density at radius 1 is 1.58 bits per heavy atom. The van der Waals surface area contributed by atoms with E-state index in [1.807, 2.05) is 7.05 Å². The highest BCUT2D eigenvalue weighted by molar-refractivity contribution is 8.01. The molecule has 0 saturated carbocycles. The number of aliphatic carboxylic acids is 1. The van der Waals surface area contributed by atoms with Crippen LogP contribution in [0.4, 0.5) is 0 Å². The Hall–Kier alpha value is -1.63. The summed E-state index contributed by atoms with van der Waals surface area (Å²) in [5.74, 6) is -0.522. The zero-order chi connectivity index (χ0) is 17.3. The van der Waals surface area contributed by atoms with E-state index in [2.05, 4.69) is 20.8 Å². The van der Waals surface area contributed by atoms with Crippen LogP contribution >= 0.6 is 23.5 Å². The van der Waals surface area contributed by atoms with Crippen molar-refractivity contribution in [1.29, 1.82) is 0 Å². The fourth-order valence-electron chi connectivity index (χ4n) is 2.50. The number of tetrazole rings is 1. The number of amides is 1. The second-order valence-electron chi connectivity index (χ2n) is 5.27. The van der Waals surface area contributed by atoms with Crippen molar-refractivity contribution in [1.82, 2.24) is 30.4 Å². The monoisotopic (exact) mass is 371 g/mol. The van der Waals surface area contributed by atoms with Gasteiger partial charge in [-0.05, 0) is 23.0 Å². The number of hydrogen-bond acceptors (Lipinski definition) is 9. The molecule has 3 heterocycles. The lowest BCUT2D eigenvalue weighted by atomic mass is 10.0. The first-order valence-corrected chi connectivity index (χ1v) is 9.27. The Morgan fingerprint density at radius 2 is 2.38 bits per heavy atom. The van der Waals surface area contributed by atoms with E-state index in [1.165, 1.54) is 28.4 Å². The van der Waals surface area contributed by atoms with Crippen LogP contribution in [0.15, 0.2) is 16.4 Å². The smallest absolute Gasteiger partial charge is 0.352 e. The number of hydrogen-bond donors (Lipinski definition) is 3. The van der Waals surface area contributed by atoms with Gasteiger partial charge in [0.25, 0.3) is 0 Å². The number of carboxylic acid groups (broad SMARTS) is 1. The summed E-state index contributed by atoms with van der Waals surface area (Å²) >= 11 is 2.84. The molecule has 0 aliphatic carbocycles. The Labute approximate surface area is 146 Å². The third kappa shape index (κ3) is 3.01. The van der Waals surface area contributed by atoms with Gasteiger partial charge in [0.15, 0.2) is 0 Å². The number of thioether (sulfide) groups is 2. The number of carboxylic acids is 1. The minimum Gasteiger partial charge on any atom is -0.477 e. The molecule has 1 saturated heterocycles. The molecule has 0 aromatic carbocycles. The molecule has 1 amide bonds. The Bertz CT molecular complexity index is 692. The molecule has 0 unspecified atom stereocenters. The maximum Gasteiger partial charge on any atom is 0.352 e. The molecule has 1 aromatic rings. The van der Waals surface area contributed by atoms with Crippen LogP contribution in [0.3, 0.4) is 0 Å². The van der Waals surface area contributed by atoms with Crippen LogP contribution in [0.2, 0.25) is 0 Å². The van der Waals surface area contributed by atoms with Gasteiger partial charge in [0.05, 0.1) is 6.54 Å². The summed E-state index contributed by atoms with van der Waals surface area (Å²) in [5, 5.41) is 24.4. The summed E-state index contributed by atoms with van der Waals surface area (Å²) in [6.45, 7) is 1.34.